The zero-order valence-corrected chi connectivity index (χ0v) is 21.2. The summed E-state index contributed by atoms with van der Waals surface area (Å²) < 4.78 is 17.4. The van der Waals surface area contributed by atoms with Crippen LogP contribution in [0.1, 0.15) is 30.5 Å². The number of hydrogen-bond donors (Lipinski definition) is 0. The third kappa shape index (κ3) is 5.59. The van der Waals surface area contributed by atoms with Crippen molar-refractivity contribution in [2.24, 2.45) is 0 Å². The highest BCUT2D eigenvalue weighted by Crippen LogP contribution is 2.33. The molecule has 0 N–H and O–H groups in total. The predicted octanol–water partition coefficient (Wildman–Crippen LogP) is 8.01. The SMILES string of the molecule is CCOC(=O)Cc1ccc(-c2ccccc2)cc1OCc1cc(-c2cccc(CC)c2)c2occc2c1. The minimum absolute atomic E-state index is 0.161. The van der Waals surface area contributed by atoms with E-state index < -0.39 is 0 Å². The Hall–Kier alpha value is -4.31. The van der Waals surface area contributed by atoms with Gasteiger partial charge in [0, 0.05) is 16.5 Å². The quantitative estimate of drug-likeness (QED) is 0.196. The number of carbonyl (C=O) groups is 1. The minimum Gasteiger partial charge on any atom is -0.489 e. The maximum atomic E-state index is 12.3. The lowest BCUT2D eigenvalue weighted by atomic mass is 9.98. The van der Waals surface area contributed by atoms with Crippen LogP contribution < -0.4 is 4.74 Å². The van der Waals surface area contributed by atoms with Gasteiger partial charge in [-0.3, -0.25) is 4.79 Å². The minimum atomic E-state index is -0.266. The Morgan fingerprint density at radius 1 is 0.784 bits per heavy atom. The second-order valence-electron chi connectivity index (χ2n) is 9.00. The molecule has 0 aliphatic carbocycles. The first kappa shape index (κ1) is 24.4. The van der Waals surface area contributed by atoms with Gasteiger partial charge < -0.3 is 13.9 Å². The van der Waals surface area contributed by atoms with E-state index >= 15 is 0 Å². The summed E-state index contributed by atoms with van der Waals surface area (Å²) in [6, 6.07) is 30.9. The molecule has 0 bridgehead atoms. The number of ether oxygens (including phenoxy) is 2. The Morgan fingerprint density at radius 2 is 1.62 bits per heavy atom. The van der Waals surface area contributed by atoms with E-state index in [1.54, 1.807) is 6.26 Å². The monoisotopic (exact) mass is 490 g/mol. The van der Waals surface area contributed by atoms with Crippen LogP contribution in [0.2, 0.25) is 0 Å². The van der Waals surface area contributed by atoms with Crippen molar-refractivity contribution in [2.75, 3.05) is 6.61 Å². The molecule has 4 heteroatoms. The molecule has 1 aromatic heterocycles. The second kappa shape index (κ2) is 11.2. The summed E-state index contributed by atoms with van der Waals surface area (Å²) in [5.74, 6) is 0.411. The molecule has 186 valence electrons. The summed E-state index contributed by atoms with van der Waals surface area (Å²) in [5.41, 5.74) is 8.26. The summed E-state index contributed by atoms with van der Waals surface area (Å²) in [7, 11) is 0. The number of carbonyl (C=O) groups excluding carboxylic acids is 1. The molecule has 0 saturated carbocycles. The Labute approximate surface area is 217 Å². The topological polar surface area (TPSA) is 48.7 Å². The highest BCUT2D eigenvalue weighted by molar-refractivity contribution is 5.93. The summed E-state index contributed by atoms with van der Waals surface area (Å²) in [6.45, 7) is 4.68. The average molecular weight is 491 g/mol. The molecule has 0 aliphatic heterocycles. The number of hydrogen-bond acceptors (Lipinski definition) is 4. The van der Waals surface area contributed by atoms with Crippen LogP contribution in [0.5, 0.6) is 5.75 Å². The number of rotatable bonds is 9. The first-order valence-electron chi connectivity index (χ1n) is 12.7. The molecule has 4 nitrogen and oxygen atoms in total. The molecule has 5 rings (SSSR count). The van der Waals surface area contributed by atoms with Gasteiger partial charge in [0.05, 0.1) is 19.3 Å². The lowest BCUT2D eigenvalue weighted by Gasteiger charge is -2.15. The van der Waals surface area contributed by atoms with Gasteiger partial charge in [-0.2, -0.15) is 0 Å². The summed E-state index contributed by atoms with van der Waals surface area (Å²) in [6.07, 6.45) is 2.86. The summed E-state index contributed by atoms with van der Waals surface area (Å²) in [4.78, 5) is 12.3. The van der Waals surface area contributed by atoms with Gasteiger partial charge in [-0.1, -0.05) is 73.7 Å². The van der Waals surface area contributed by atoms with Crippen LogP contribution in [-0.2, 0) is 29.0 Å². The van der Waals surface area contributed by atoms with E-state index in [0.29, 0.717) is 19.0 Å². The van der Waals surface area contributed by atoms with Gasteiger partial charge in [0.25, 0.3) is 0 Å². The van der Waals surface area contributed by atoms with E-state index in [4.69, 9.17) is 13.9 Å². The van der Waals surface area contributed by atoms with Gasteiger partial charge in [-0.25, -0.2) is 0 Å². The first-order chi connectivity index (χ1) is 18.1. The number of fused-ring (bicyclic) bond motifs is 1. The molecular formula is C33H30O4. The van der Waals surface area contributed by atoms with Crippen LogP contribution in [0.25, 0.3) is 33.2 Å². The van der Waals surface area contributed by atoms with Gasteiger partial charge in [-0.15, -0.1) is 0 Å². The van der Waals surface area contributed by atoms with Crippen LogP contribution in [0, 0.1) is 0 Å². The van der Waals surface area contributed by atoms with Crippen molar-refractivity contribution in [1.29, 1.82) is 0 Å². The molecule has 5 aromatic rings. The van der Waals surface area contributed by atoms with Crippen LogP contribution in [0.15, 0.2) is 102 Å². The van der Waals surface area contributed by atoms with Crippen LogP contribution >= 0.6 is 0 Å². The van der Waals surface area contributed by atoms with Crippen molar-refractivity contribution < 1.29 is 18.7 Å². The number of furan rings is 1. The van der Waals surface area contributed by atoms with Crippen LogP contribution in [0.4, 0.5) is 0 Å². The lowest BCUT2D eigenvalue weighted by molar-refractivity contribution is -0.142. The molecule has 0 spiro atoms. The van der Waals surface area contributed by atoms with Gasteiger partial charge in [0.2, 0.25) is 0 Å². The van der Waals surface area contributed by atoms with E-state index in [9.17, 15) is 4.79 Å². The molecule has 4 aromatic carbocycles. The molecule has 37 heavy (non-hydrogen) atoms. The molecule has 0 radical (unpaired) electrons. The molecule has 0 unspecified atom stereocenters. The second-order valence-corrected chi connectivity index (χ2v) is 9.00. The number of benzene rings is 4. The molecule has 0 amide bonds. The smallest absolute Gasteiger partial charge is 0.310 e. The highest BCUT2D eigenvalue weighted by Gasteiger charge is 2.14. The average Bonchev–Trinajstić information content (AvgIpc) is 3.41. The van der Waals surface area contributed by atoms with Crippen LogP contribution in [-0.4, -0.2) is 12.6 Å². The van der Waals surface area contributed by atoms with Crippen molar-refractivity contribution in [3.05, 3.63) is 114 Å². The molecule has 0 aliphatic rings. The van der Waals surface area contributed by atoms with Crippen molar-refractivity contribution >= 4 is 16.9 Å². The Bertz CT molecular complexity index is 1510. The van der Waals surface area contributed by atoms with E-state index in [0.717, 1.165) is 50.8 Å². The maximum Gasteiger partial charge on any atom is 0.310 e. The molecule has 0 fully saturated rings. The molecule has 0 atom stereocenters. The fraction of sp³-hybridized carbons (Fsp3) is 0.182. The summed E-state index contributed by atoms with van der Waals surface area (Å²) >= 11 is 0. The van der Waals surface area contributed by atoms with Crippen molar-refractivity contribution in [1.82, 2.24) is 0 Å². The van der Waals surface area contributed by atoms with Gasteiger partial charge in [0.1, 0.15) is 17.9 Å². The fourth-order valence-corrected chi connectivity index (χ4v) is 4.57. The Kier molecular flexibility index (Phi) is 7.36. The van der Waals surface area contributed by atoms with E-state index in [1.807, 2.05) is 49.4 Å². The standard InChI is InChI=1S/C33H30O4/c1-3-23-9-8-12-27(17-23)30-19-24(18-29-15-16-36-33(29)30)22-37-31-20-26(25-10-6-5-7-11-25)13-14-28(31)21-32(34)35-4-2/h5-20H,3-4,21-22H2,1-2H3. The zero-order valence-electron chi connectivity index (χ0n) is 21.2. The third-order valence-electron chi connectivity index (χ3n) is 6.47. The highest BCUT2D eigenvalue weighted by atomic mass is 16.5. The normalized spacial score (nSPS) is 11.0. The van der Waals surface area contributed by atoms with Crippen molar-refractivity contribution in [3.8, 4) is 28.0 Å². The molecule has 0 saturated heterocycles. The van der Waals surface area contributed by atoms with E-state index in [-0.39, 0.29) is 12.4 Å². The first-order valence-corrected chi connectivity index (χ1v) is 12.7. The fourth-order valence-electron chi connectivity index (χ4n) is 4.57. The molecular weight excluding hydrogens is 460 g/mol. The van der Waals surface area contributed by atoms with E-state index in [1.165, 1.54) is 5.56 Å². The lowest BCUT2D eigenvalue weighted by Crippen LogP contribution is -2.09. The molecule has 1 heterocycles. The number of esters is 1. The van der Waals surface area contributed by atoms with Gasteiger partial charge in [0.15, 0.2) is 0 Å². The summed E-state index contributed by atoms with van der Waals surface area (Å²) in [5, 5.41) is 1.03. The third-order valence-corrected chi connectivity index (χ3v) is 6.47. The van der Waals surface area contributed by atoms with Gasteiger partial charge >= 0.3 is 5.97 Å². The van der Waals surface area contributed by atoms with E-state index in [2.05, 4.69) is 55.5 Å². The Morgan fingerprint density at radius 3 is 2.43 bits per heavy atom. The van der Waals surface area contributed by atoms with Crippen molar-refractivity contribution in [2.45, 2.75) is 33.3 Å². The zero-order chi connectivity index (χ0) is 25.6. The largest absolute Gasteiger partial charge is 0.489 e. The predicted molar refractivity (Wildman–Crippen MR) is 148 cm³/mol. The number of aryl methyl sites for hydroxylation is 1. The van der Waals surface area contributed by atoms with Crippen molar-refractivity contribution in [3.63, 3.8) is 0 Å². The van der Waals surface area contributed by atoms with Crippen LogP contribution in [0.3, 0.4) is 0 Å². The van der Waals surface area contributed by atoms with Gasteiger partial charge in [-0.05, 0) is 65.4 Å². The maximum absolute atomic E-state index is 12.3. The Balaban J connectivity index is 1.48.